The van der Waals surface area contributed by atoms with Crippen LogP contribution in [-0.4, -0.2) is 44.1 Å². The number of aliphatic hydroxyl groups excluding tert-OH is 1. The second kappa shape index (κ2) is 5.31. The van der Waals surface area contributed by atoms with Gasteiger partial charge in [-0.25, -0.2) is 12.8 Å². The average Bonchev–Trinajstić information content (AvgIpc) is 2.39. The Morgan fingerprint density at radius 2 is 2.00 bits per heavy atom. The van der Waals surface area contributed by atoms with Crippen molar-refractivity contribution in [2.75, 3.05) is 26.3 Å². The minimum atomic E-state index is -3.77. The molecule has 0 aromatic heterocycles. The molecule has 7 heteroatoms. The number of ether oxygens (including phenoxy) is 1. The Kier molecular flexibility index (Phi) is 3.96. The molecule has 2 rings (SSSR count). The summed E-state index contributed by atoms with van der Waals surface area (Å²) < 4.78 is 44.1. The van der Waals surface area contributed by atoms with E-state index in [9.17, 15) is 12.8 Å². The molecule has 1 N–H and O–H groups in total. The maximum Gasteiger partial charge on any atom is 0.243 e. The van der Waals surface area contributed by atoms with Gasteiger partial charge < -0.3 is 9.84 Å². The summed E-state index contributed by atoms with van der Waals surface area (Å²) in [5.41, 5.74) is 0.197. The number of hydrogen-bond acceptors (Lipinski definition) is 4. The highest BCUT2D eigenvalue weighted by Gasteiger charge is 2.28. The lowest BCUT2D eigenvalue weighted by molar-refractivity contribution is 0.0729. The van der Waals surface area contributed by atoms with Gasteiger partial charge in [0.15, 0.2) is 0 Å². The number of benzene rings is 1. The monoisotopic (exact) mass is 275 g/mol. The zero-order chi connectivity index (χ0) is 13.2. The smallest absolute Gasteiger partial charge is 0.243 e. The maximum atomic E-state index is 13.2. The molecule has 1 saturated heterocycles. The molecule has 18 heavy (non-hydrogen) atoms. The fourth-order valence-electron chi connectivity index (χ4n) is 1.83. The minimum Gasteiger partial charge on any atom is -0.392 e. The Hall–Kier alpha value is -1.02. The summed E-state index contributed by atoms with van der Waals surface area (Å²) in [5, 5.41) is 9.14. The van der Waals surface area contributed by atoms with E-state index >= 15 is 0 Å². The molecule has 5 nitrogen and oxygen atoms in total. The normalized spacial score (nSPS) is 17.9. The molecule has 1 fully saturated rings. The lowest BCUT2D eigenvalue weighted by atomic mass is 10.2. The van der Waals surface area contributed by atoms with Gasteiger partial charge in [0, 0.05) is 13.1 Å². The van der Waals surface area contributed by atoms with E-state index in [1.54, 1.807) is 0 Å². The van der Waals surface area contributed by atoms with Crippen LogP contribution in [0.15, 0.2) is 23.1 Å². The molecule has 0 unspecified atom stereocenters. The molecule has 1 heterocycles. The summed E-state index contributed by atoms with van der Waals surface area (Å²) in [5.74, 6) is -0.640. The number of halogens is 1. The van der Waals surface area contributed by atoms with Crippen LogP contribution >= 0.6 is 0 Å². The molecule has 1 aromatic carbocycles. The molecular weight excluding hydrogens is 261 g/mol. The fraction of sp³-hybridized carbons (Fsp3) is 0.455. The average molecular weight is 275 g/mol. The molecule has 0 saturated carbocycles. The van der Waals surface area contributed by atoms with Crippen molar-refractivity contribution in [2.45, 2.75) is 11.5 Å². The molecule has 100 valence electrons. The van der Waals surface area contributed by atoms with Gasteiger partial charge in [-0.15, -0.1) is 0 Å². The van der Waals surface area contributed by atoms with Crippen molar-refractivity contribution in [3.05, 3.63) is 29.6 Å². The van der Waals surface area contributed by atoms with Gasteiger partial charge in [-0.3, -0.25) is 0 Å². The van der Waals surface area contributed by atoms with Gasteiger partial charge in [0.05, 0.1) is 24.7 Å². The Labute approximate surface area is 105 Å². The van der Waals surface area contributed by atoms with Crippen LogP contribution in [0.1, 0.15) is 5.56 Å². The second-order valence-corrected chi connectivity index (χ2v) is 5.83. The minimum absolute atomic E-state index is 0.174. The number of hydrogen-bond donors (Lipinski definition) is 1. The van der Waals surface area contributed by atoms with E-state index < -0.39 is 22.4 Å². The maximum absolute atomic E-state index is 13.2. The van der Waals surface area contributed by atoms with Crippen molar-refractivity contribution >= 4 is 10.0 Å². The van der Waals surface area contributed by atoms with E-state index in [0.717, 1.165) is 12.1 Å². The van der Waals surface area contributed by atoms with Crippen LogP contribution in [0.3, 0.4) is 0 Å². The molecule has 0 atom stereocenters. The van der Waals surface area contributed by atoms with Crippen molar-refractivity contribution in [3.8, 4) is 0 Å². The fourth-order valence-corrected chi connectivity index (χ4v) is 3.46. The van der Waals surface area contributed by atoms with E-state index in [-0.39, 0.29) is 23.5 Å². The van der Waals surface area contributed by atoms with Crippen LogP contribution in [-0.2, 0) is 21.4 Å². The Bertz CT molecular complexity index is 526. The topological polar surface area (TPSA) is 66.8 Å². The van der Waals surface area contributed by atoms with E-state index in [2.05, 4.69) is 0 Å². The summed E-state index contributed by atoms with van der Waals surface area (Å²) in [6.45, 7) is 0.679. The second-order valence-electron chi connectivity index (χ2n) is 3.93. The first kappa shape index (κ1) is 13.4. The third kappa shape index (κ3) is 2.54. The first-order valence-corrected chi connectivity index (χ1v) is 6.97. The summed E-state index contributed by atoms with van der Waals surface area (Å²) in [4.78, 5) is -0.174. The molecular formula is C11H14FNO4S. The highest BCUT2D eigenvalue weighted by Crippen LogP contribution is 2.22. The van der Waals surface area contributed by atoms with Crippen molar-refractivity contribution in [3.63, 3.8) is 0 Å². The van der Waals surface area contributed by atoms with Gasteiger partial charge in [-0.1, -0.05) is 6.07 Å². The number of aliphatic hydroxyl groups is 1. The van der Waals surface area contributed by atoms with Crippen molar-refractivity contribution in [1.82, 2.24) is 4.31 Å². The number of morpholine rings is 1. The highest BCUT2D eigenvalue weighted by molar-refractivity contribution is 7.89. The molecule has 1 aliphatic heterocycles. The standard InChI is InChI=1S/C11H14FNO4S/c12-10-2-1-9(8-14)11(7-10)18(15,16)13-3-5-17-6-4-13/h1-2,7,14H,3-6,8H2. The Morgan fingerprint density at radius 1 is 1.33 bits per heavy atom. The van der Waals surface area contributed by atoms with Crippen LogP contribution in [0.4, 0.5) is 4.39 Å². The lowest BCUT2D eigenvalue weighted by Gasteiger charge is -2.26. The first-order valence-electron chi connectivity index (χ1n) is 5.53. The zero-order valence-electron chi connectivity index (χ0n) is 9.67. The van der Waals surface area contributed by atoms with Crippen LogP contribution in [0.25, 0.3) is 0 Å². The number of sulfonamides is 1. The molecule has 0 radical (unpaired) electrons. The number of rotatable bonds is 3. The Morgan fingerprint density at radius 3 is 2.61 bits per heavy atom. The lowest BCUT2D eigenvalue weighted by Crippen LogP contribution is -2.41. The van der Waals surface area contributed by atoms with Gasteiger partial charge in [0.1, 0.15) is 5.82 Å². The quantitative estimate of drug-likeness (QED) is 0.864. The van der Waals surface area contributed by atoms with Crippen molar-refractivity contribution in [2.24, 2.45) is 0 Å². The number of nitrogens with zero attached hydrogens (tertiary/aromatic N) is 1. The Balaban J connectivity index is 2.42. The largest absolute Gasteiger partial charge is 0.392 e. The van der Waals surface area contributed by atoms with Crippen molar-refractivity contribution < 1.29 is 22.7 Å². The SMILES string of the molecule is O=S(=O)(c1cc(F)ccc1CO)N1CCOCC1. The van der Waals surface area contributed by atoms with Crippen LogP contribution in [0.5, 0.6) is 0 Å². The molecule has 0 spiro atoms. The molecule has 1 aliphatic rings. The van der Waals surface area contributed by atoms with Gasteiger partial charge in [-0.05, 0) is 17.7 Å². The molecule has 0 amide bonds. The van der Waals surface area contributed by atoms with Crippen LogP contribution in [0, 0.1) is 5.82 Å². The van der Waals surface area contributed by atoms with E-state index in [1.807, 2.05) is 0 Å². The third-order valence-corrected chi connectivity index (χ3v) is 4.77. The third-order valence-electron chi connectivity index (χ3n) is 2.79. The van der Waals surface area contributed by atoms with E-state index in [0.29, 0.717) is 13.2 Å². The first-order chi connectivity index (χ1) is 8.55. The molecule has 0 aliphatic carbocycles. The van der Waals surface area contributed by atoms with Crippen molar-refractivity contribution in [1.29, 1.82) is 0 Å². The molecule has 0 bridgehead atoms. The summed E-state index contributed by atoms with van der Waals surface area (Å²) in [7, 11) is -3.77. The van der Waals surface area contributed by atoms with Crippen LogP contribution < -0.4 is 0 Å². The highest BCUT2D eigenvalue weighted by atomic mass is 32.2. The van der Waals surface area contributed by atoms with E-state index in [4.69, 9.17) is 9.84 Å². The van der Waals surface area contributed by atoms with Gasteiger partial charge in [0.25, 0.3) is 0 Å². The zero-order valence-corrected chi connectivity index (χ0v) is 10.5. The summed E-state index contributed by atoms with van der Waals surface area (Å²) in [6, 6.07) is 3.35. The predicted octanol–water partition coefficient (Wildman–Crippen LogP) is 0.339. The van der Waals surface area contributed by atoms with E-state index in [1.165, 1.54) is 10.4 Å². The van der Waals surface area contributed by atoms with Gasteiger partial charge >= 0.3 is 0 Å². The van der Waals surface area contributed by atoms with Gasteiger partial charge in [0.2, 0.25) is 10.0 Å². The van der Waals surface area contributed by atoms with Crippen LogP contribution in [0.2, 0.25) is 0 Å². The summed E-state index contributed by atoms with van der Waals surface area (Å²) >= 11 is 0. The van der Waals surface area contributed by atoms with Gasteiger partial charge in [-0.2, -0.15) is 4.31 Å². The molecule has 1 aromatic rings. The predicted molar refractivity (Wildman–Crippen MR) is 61.9 cm³/mol. The summed E-state index contributed by atoms with van der Waals surface area (Å²) in [6.07, 6.45) is 0.